The Labute approximate surface area is 138 Å². The molecule has 114 valence electrons. The van der Waals surface area contributed by atoms with E-state index in [4.69, 9.17) is 27.4 Å². The Morgan fingerprint density at radius 3 is 2.35 bits per heavy atom. The van der Waals surface area contributed by atoms with Gasteiger partial charge >= 0.3 is 0 Å². The van der Waals surface area contributed by atoms with E-state index >= 15 is 0 Å². The quantitative estimate of drug-likeness (QED) is 0.860. The first-order valence-corrected chi connectivity index (χ1v) is 7.29. The second-order valence-electron chi connectivity index (χ2n) is 4.90. The van der Waals surface area contributed by atoms with E-state index in [2.05, 4.69) is 5.32 Å². The number of halogens is 1. The van der Waals surface area contributed by atoms with Gasteiger partial charge in [-0.05, 0) is 31.0 Å². The lowest BCUT2D eigenvalue weighted by atomic mass is 10.1. The van der Waals surface area contributed by atoms with Crippen LogP contribution in [0, 0.1) is 34.0 Å². The molecule has 1 fully saturated rings. The first-order chi connectivity index (χ1) is 11.1. The summed E-state index contributed by atoms with van der Waals surface area (Å²) >= 11 is 6.07. The third-order valence-corrected chi connectivity index (χ3v) is 3.78. The number of anilines is 1. The molecule has 0 unspecified atom stereocenters. The van der Waals surface area contributed by atoms with Crippen LogP contribution in [0.25, 0.3) is 0 Å². The molecule has 0 spiro atoms. The second kappa shape index (κ2) is 7.31. The van der Waals surface area contributed by atoms with Crippen molar-refractivity contribution in [1.82, 2.24) is 4.90 Å². The molecular formula is C16H12ClN5O. The minimum atomic E-state index is -0.347. The van der Waals surface area contributed by atoms with Crippen LogP contribution in [-0.2, 0) is 0 Å². The van der Waals surface area contributed by atoms with E-state index in [-0.39, 0.29) is 22.2 Å². The van der Waals surface area contributed by atoms with E-state index in [1.807, 2.05) is 0 Å². The number of nitrogens with zero attached hydrogens (tertiary/aromatic N) is 4. The fourth-order valence-corrected chi connectivity index (χ4v) is 2.44. The van der Waals surface area contributed by atoms with Gasteiger partial charge < -0.3 is 10.2 Å². The summed E-state index contributed by atoms with van der Waals surface area (Å²) in [5.41, 5.74) is 0.185. The maximum absolute atomic E-state index is 12.4. The van der Waals surface area contributed by atoms with Crippen LogP contribution in [0.3, 0.4) is 0 Å². The summed E-state index contributed by atoms with van der Waals surface area (Å²) < 4.78 is 0. The molecule has 1 amide bonds. The molecular weight excluding hydrogens is 314 g/mol. The second-order valence-corrected chi connectivity index (χ2v) is 5.31. The zero-order valence-corrected chi connectivity index (χ0v) is 12.9. The van der Waals surface area contributed by atoms with Gasteiger partial charge in [-0.3, -0.25) is 4.79 Å². The molecule has 0 atom stereocenters. The van der Waals surface area contributed by atoms with Crippen LogP contribution in [0.4, 0.5) is 5.69 Å². The molecule has 1 heterocycles. The highest BCUT2D eigenvalue weighted by atomic mass is 35.5. The van der Waals surface area contributed by atoms with Crippen molar-refractivity contribution in [3.63, 3.8) is 0 Å². The number of rotatable bonds is 3. The van der Waals surface area contributed by atoms with Crippen LogP contribution >= 0.6 is 11.6 Å². The average Bonchev–Trinajstić information content (AvgIpc) is 3.10. The summed E-state index contributed by atoms with van der Waals surface area (Å²) in [4.78, 5) is 14.1. The minimum absolute atomic E-state index is 0.106. The number of nitriles is 3. The van der Waals surface area contributed by atoms with Crippen LogP contribution in [-0.4, -0.2) is 23.9 Å². The van der Waals surface area contributed by atoms with Crippen LogP contribution in [0.15, 0.2) is 29.5 Å². The van der Waals surface area contributed by atoms with E-state index in [0.29, 0.717) is 11.3 Å². The molecule has 0 bridgehead atoms. The van der Waals surface area contributed by atoms with Crippen molar-refractivity contribution in [2.75, 3.05) is 18.4 Å². The van der Waals surface area contributed by atoms with E-state index in [0.717, 1.165) is 25.9 Å². The van der Waals surface area contributed by atoms with Crippen LogP contribution < -0.4 is 5.32 Å². The van der Waals surface area contributed by atoms with Crippen molar-refractivity contribution in [1.29, 1.82) is 15.8 Å². The van der Waals surface area contributed by atoms with Gasteiger partial charge in [0.25, 0.3) is 5.91 Å². The number of carbonyl (C=O) groups excluding carboxylic acids is 1. The molecule has 0 radical (unpaired) electrons. The molecule has 7 heteroatoms. The van der Waals surface area contributed by atoms with Gasteiger partial charge in [0.2, 0.25) is 0 Å². The lowest BCUT2D eigenvalue weighted by Crippen LogP contribution is -2.27. The molecule has 1 aromatic carbocycles. The molecule has 0 saturated carbocycles. The number of hydrogen-bond acceptors (Lipinski definition) is 5. The van der Waals surface area contributed by atoms with Crippen LogP contribution in [0.2, 0.25) is 5.02 Å². The molecule has 1 N–H and O–H groups in total. The first kappa shape index (κ1) is 16.4. The Bertz CT molecular complexity index is 772. The summed E-state index contributed by atoms with van der Waals surface area (Å²) in [5, 5.41) is 29.7. The predicted octanol–water partition coefficient (Wildman–Crippen LogP) is 2.81. The number of carbonyl (C=O) groups is 1. The highest BCUT2D eigenvalue weighted by Gasteiger charge is 2.20. The highest BCUT2D eigenvalue weighted by Crippen LogP contribution is 2.26. The lowest BCUT2D eigenvalue weighted by molar-refractivity contribution is 0.0793. The fraction of sp³-hybridized carbons (Fsp3) is 0.250. The molecule has 1 saturated heterocycles. The van der Waals surface area contributed by atoms with E-state index in [9.17, 15) is 4.79 Å². The van der Waals surface area contributed by atoms with Crippen LogP contribution in [0.1, 0.15) is 23.2 Å². The zero-order chi connectivity index (χ0) is 16.8. The molecule has 0 aliphatic carbocycles. The van der Waals surface area contributed by atoms with Crippen molar-refractivity contribution in [2.45, 2.75) is 12.8 Å². The Kier molecular flexibility index (Phi) is 5.20. The van der Waals surface area contributed by atoms with Crippen molar-refractivity contribution in [3.05, 3.63) is 40.1 Å². The molecule has 1 aromatic rings. The van der Waals surface area contributed by atoms with Gasteiger partial charge in [0.05, 0.1) is 10.7 Å². The third-order valence-electron chi connectivity index (χ3n) is 3.45. The van der Waals surface area contributed by atoms with Gasteiger partial charge in [-0.1, -0.05) is 11.6 Å². The average molecular weight is 326 g/mol. The highest BCUT2D eigenvalue weighted by molar-refractivity contribution is 6.33. The van der Waals surface area contributed by atoms with Crippen molar-refractivity contribution < 1.29 is 4.79 Å². The molecule has 1 aliphatic heterocycles. The molecule has 23 heavy (non-hydrogen) atoms. The SMILES string of the molecule is N#CC(C#N)=C(C#N)Nc1cc(C(=O)N2CCCC2)ccc1Cl. The summed E-state index contributed by atoms with van der Waals surface area (Å²) in [5.74, 6) is -0.106. The summed E-state index contributed by atoms with van der Waals surface area (Å²) in [6.07, 6.45) is 1.97. The van der Waals surface area contributed by atoms with Gasteiger partial charge in [-0.25, -0.2) is 0 Å². The maximum atomic E-state index is 12.4. The smallest absolute Gasteiger partial charge is 0.253 e. The predicted molar refractivity (Wildman–Crippen MR) is 84.1 cm³/mol. The Morgan fingerprint density at radius 2 is 1.78 bits per heavy atom. The number of benzene rings is 1. The Hall–Kier alpha value is -3.01. The van der Waals surface area contributed by atoms with Crippen molar-refractivity contribution in [2.24, 2.45) is 0 Å². The lowest BCUT2D eigenvalue weighted by Gasteiger charge is -2.16. The van der Waals surface area contributed by atoms with Gasteiger partial charge in [0.15, 0.2) is 5.57 Å². The Balaban J connectivity index is 2.33. The minimum Gasteiger partial charge on any atom is -0.344 e. The molecule has 6 nitrogen and oxygen atoms in total. The summed E-state index contributed by atoms with van der Waals surface area (Å²) in [7, 11) is 0. The van der Waals surface area contributed by atoms with Crippen molar-refractivity contribution in [3.8, 4) is 18.2 Å². The zero-order valence-electron chi connectivity index (χ0n) is 12.1. The maximum Gasteiger partial charge on any atom is 0.253 e. The first-order valence-electron chi connectivity index (χ1n) is 6.91. The van der Waals surface area contributed by atoms with Gasteiger partial charge in [0, 0.05) is 18.7 Å². The van der Waals surface area contributed by atoms with Crippen LogP contribution in [0.5, 0.6) is 0 Å². The standard InChI is InChI=1S/C16H12ClN5O/c17-13-4-3-11(16(23)22-5-1-2-6-22)7-14(13)21-15(10-20)12(8-18)9-19/h3-4,7,21H,1-2,5-6H2. The van der Waals surface area contributed by atoms with Crippen molar-refractivity contribution >= 4 is 23.2 Å². The van der Waals surface area contributed by atoms with Gasteiger partial charge in [-0.15, -0.1) is 0 Å². The topological polar surface area (TPSA) is 104 Å². The Morgan fingerprint density at radius 1 is 1.13 bits per heavy atom. The van der Waals surface area contributed by atoms with Gasteiger partial charge in [0.1, 0.15) is 23.9 Å². The van der Waals surface area contributed by atoms with E-state index < -0.39 is 0 Å². The number of amides is 1. The molecule has 2 rings (SSSR count). The fourth-order valence-electron chi connectivity index (χ4n) is 2.27. The number of allylic oxidation sites excluding steroid dienone is 2. The summed E-state index contributed by atoms with van der Waals surface area (Å²) in [6.45, 7) is 1.45. The van der Waals surface area contributed by atoms with E-state index in [1.54, 1.807) is 35.2 Å². The van der Waals surface area contributed by atoms with E-state index in [1.165, 1.54) is 6.07 Å². The number of nitrogens with one attached hydrogen (secondary N) is 1. The normalized spacial score (nSPS) is 12.7. The number of hydrogen-bond donors (Lipinski definition) is 1. The van der Waals surface area contributed by atoms with Gasteiger partial charge in [-0.2, -0.15) is 15.8 Å². The summed E-state index contributed by atoms with van der Waals surface area (Å²) in [6, 6.07) is 9.71. The molecule has 0 aromatic heterocycles. The monoisotopic (exact) mass is 325 g/mol. The molecule has 1 aliphatic rings. The largest absolute Gasteiger partial charge is 0.344 e. The number of likely N-dealkylation sites (tertiary alicyclic amines) is 1. The third kappa shape index (κ3) is 3.61.